The Bertz CT molecular complexity index is 2030. The van der Waals surface area contributed by atoms with Gasteiger partial charge in [-0.3, -0.25) is 15.0 Å². The van der Waals surface area contributed by atoms with Crippen molar-refractivity contribution in [2.75, 3.05) is 32.1 Å². The fraction of sp³-hybridized carbons (Fsp3) is 0.297. The molecule has 2 aromatic heterocycles. The van der Waals surface area contributed by atoms with Crippen molar-refractivity contribution < 1.29 is 18.7 Å². The van der Waals surface area contributed by atoms with E-state index in [1.165, 1.54) is 30.3 Å². The van der Waals surface area contributed by atoms with Gasteiger partial charge in [0.15, 0.2) is 0 Å². The summed E-state index contributed by atoms with van der Waals surface area (Å²) in [4.78, 5) is 38.8. The molecule has 0 radical (unpaired) electrons. The molecule has 4 N–H and O–H groups in total. The van der Waals surface area contributed by atoms with Gasteiger partial charge in [-0.1, -0.05) is 35.9 Å². The molecule has 0 bridgehead atoms. The van der Waals surface area contributed by atoms with Crippen molar-refractivity contribution in [1.29, 1.82) is 0 Å². The Balaban J connectivity index is 1.27. The number of hydrogen-bond acceptors (Lipinski definition) is 9. The number of nitrogens with zero attached hydrogens (tertiary/aromatic N) is 7. The van der Waals surface area contributed by atoms with Crippen LogP contribution in [0.5, 0.6) is 0 Å². The topological polar surface area (TPSA) is 160 Å². The molecule has 0 spiro atoms. The van der Waals surface area contributed by atoms with E-state index in [1.54, 1.807) is 60.8 Å². The molecule has 268 valence electrons. The number of anilines is 1. The largest absolute Gasteiger partial charge is 0.453 e. The summed E-state index contributed by atoms with van der Waals surface area (Å²) in [5, 5.41) is 14.7. The summed E-state index contributed by atoms with van der Waals surface area (Å²) in [5.74, 6) is -0.187. The van der Waals surface area contributed by atoms with Crippen molar-refractivity contribution in [2.24, 2.45) is 5.73 Å². The number of methoxy groups -OCH3 is 1. The van der Waals surface area contributed by atoms with Crippen LogP contribution in [0.4, 0.5) is 14.9 Å². The number of rotatable bonds is 8. The summed E-state index contributed by atoms with van der Waals surface area (Å²) < 4.78 is 20.5. The summed E-state index contributed by atoms with van der Waals surface area (Å²) in [6.45, 7) is 2.10. The quantitative estimate of drug-likeness (QED) is 0.174. The van der Waals surface area contributed by atoms with Crippen LogP contribution in [0.1, 0.15) is 48.2 Å². The van der Waals surface area contributed by atoms with Crippen LogP contribution >= 0.6 is 11.6 Å². The van der Waals surface area contributed by atoms with Crippen LogP contribution < -0.4 is 11.1 Å². The number of likely N-dealkylation sites (tertiary alicyclic amines) is 2. The number of tetrazole rings is 1. The molecule has 2 aliphatic heterocycles. The van der Waals surface area contributed by atoms with Gasteiger partial charge in [0.2, 0.25) is 5.91 Å². The molecule has 4 heterocycles. The van der Waals surface area contributed by atoms with Gasteiger partial charge in [0.1, 0.15) is 18.0 Å². The number of aromatic nitrogens is 6. The summed E-state index contributed by atoms with van der Waals surface area (Å²) in [6, 6.07) is 18.7. The van der Waals surface area contributed by atoms with Gasteiger partial charge in [-0.15, -0.1) is 5.10 Å². The molecule has 2 aliphatic rings. The number of hydrogen-bond donors (Lipinski definition) is 3. The van der Waals surface area contributed by atoms with Crippen LogP contribution in [0.25, 0.3) is 23.0 Å². The molecule has 2 saturated heterocycles. The number of nitrogens with two attached hydrogens (primary N) is 1. The Morgan fingerprint density at radius 3 is 2.56 bits per heavy atom. The maximum Gasteiger partial charge on any atom is 0.411 e. The van der Waals surface area contributed by atoms with E-state index in [1.807, 2.05) is 17.0 Å². The first-order valence-electron chi connectivity index (χ1n) is 17.0. The third-order valence-electron chi connectivity index (χ3n) is 9.82. The Morgan fingerprint density at radius 2 is 1.85 bits per heavy atom. The Morgan fingerprint density at radius 1 is 1.08 bits per heavy atom. The molecule has 5 aromatic rings. The summed E-state index contributed by atoms with van der Waals surface area (Å²) >= 11 is 6.38. The predicted octanol–water partition coefficient (Wildman–Crippen LogP) is 5.59. The van der Waals surface area contributed by atoms with E-state index in [2.05, 4.69) is 30.7 Å². The van der Waals surface area contributed by atoms with Crippen molar-refractivity contribution in [2.45, 2.75) is 43.3 Å². The zero-order valence-electron chi connectivity index (χ0n) is 28.4. The standard InChI is InChI=1S/C37H38ClFN10O3/c1-52-37(51)43-29-10-4-24(5-11-29)32-20-41-36(44-32)35-31(23-2-8-27(39)9-3-23)19-30(47-16-14-28(40)15-17-47)21-48(35)34(50)13-6-25-18-26(38)7-12-33(25)49-22-42-45-46-49/h2-13,18,20,22,28,30-31,35H,14-17,19,21,40H2,1H3,(H,41,44)(H,43,51)/b13-6+/t30-,31-,35-/m0/s1. The van der Waals surface area contributed by atoms with Crippen LogP contribution in [0.15, 0.2) is 85.3 Å². The number of piperidine rings is 2. The fourth-order valence-corrected chi connectivity index (χ4v) is 7.31. The Kier molecular flexibility index (Phi) is 10.4. The van der Waals surface area contributed by atoms with E-state index in [4.69, 9.17) is 27.1 Å². The highest BCUT2D eigenvalue weighted by molar-refractivity contribution is 6.30. The number of imidazole rings is 1. The van der Waals surface area contributed by atoms with E-state index in [9.17, 15) is 14.0 Å². The summed E-state index contributed by atoms with van der Waals surface area (Å²) in [6.07, 6.45) is 8.38. The van der Waals surface area contributed by atoms with Crippen LogP contribution in [0.3, 0.4) is 0 Å². The fourth-order valence-electron chi connectivity index (χ4n) is 7.13. The number of nitrogens with one attached hydrogen (secondary N) is 2. The number of amides is 2. The number of aromatic amines is 1. The van der Waals surface area contributed by atoms with Crippen molar-refractivity contribution in [1.82, 2.24) is 40.0 Å². The minimum absolute atomic E-state index is 0.0309. The molecule has 7 rings (SSSR count). The highest BCUT2D eigenvalue weighted by atomic mass is 35.5. The minimum Gasteiger partial charge on any atom is -0.453 e. The first-order chi connectivity index (χ1) is 25.2. The van der Waals surface area contributed by atoms with Crippen LogP contribution in [0, 0.1) is 5.82 Å². The average molecular weight is 725 g/mol. The van der Waals surface area contributed by atoms with Crippen molar-refractivity contribution in [3.8, 4) is 16.9 Å². The number of carbonyl (C=O) groups is 2. The van der Waals surface area contributed by atoms with Gasteiger partial charge in [-0.25, -0.2) is 14.2 Å². The van der Waals surface area contributed by atoms with Gasteiger partial charge in [0, 0.05) is 46.9 Å². The maximum absolute atomic E-state index is 14.6. The Labute approximate surface area is 304 Å². The second-order valence-electron chi connectivity index (χ2n) is 13.0. The number of halogens is 2. The molecule has 2 fully saturated rings. The second kappa shape index (κ2) is 15.4. The maximum atomic E-state index is 14.6. The molecule has 15 heteroatoms. The minimum atomic E-state index is -0.563. The van der Waals surface area contributed by atoms with Crippen molar-refractivity contribution >= 4 is 35.4 Å². The number of ether oxygens (including phenoxy) is 1. The lowest BCUT2D eigenvalue weighted by molar-refractivity contribution is -0.132. The van der Waals surface area contributed by atoms with Crippen LogP contribution in [-0.2, 0) is 9.53 Å². The zero-order valence-corrected chi connectivity index (χ0v) is 29.2. The van der Waals surface area contributed by atoms with Crippen LogP contribution in [-0.4, -0.2) is 90.8 Å². The molecule has 0 saturated carbocycles. The van der Waals surface area contributed by atoms with E-state index in [0.29, 0.717) is 34.3 Å². The monoisotopic (exact) mass is 724 g/mol. The molecule has 52 heavy (non-hydrogen) atoms. The molecule has 2 amide bonds. The lowest BCUT2D eigenvalue weighted by atomic mass is 9.80. The van der Waals surface area contributed by atoms with Gasteiger partial charge in [0.05, 0.1) is 30.7 Å². The van der Waals surface area contributed by atoms with Gasteiger partial charge in [-0.2, -0.15) is 4.68 Å². The molecular weight excluding hydrogens is 687 g/mol. The number of H-pyrrole nitrogens is 1. The zero-order chi connectivity index (χ0) is 36.2. The van der Waals surface area contributed by atoms with Gasteiger partial charge in [-0.05, 0) is 102 Å². The molecule has 3 atom stereocenters. The van der Waals surface area contributed by atoms with Gasteiger partial charge in [0.25, 0.3) is 0 Å². The first kappa shape index (κ1) is 35.0. The predicted molar refractivity (Wildman–Crippen MR) is 194 cm³/mol. The third-order valence-corrected chi connectivity index (χ3v) is 10.1. The summed E-state index contributed by atoms with van der Waals surface area (Å²) in [7, 11) is 1.31. The third kappa shape index (κ3) is 7.73. The van der Waals surface area contributed by atoms with Crippen molar-refractivity contribution in [3.63, 3.8) is 0 Å². The molecular formula is C37H38ClFN10O3. The SMILES string of the molecule is COC(=O)Nc1ccc(-c2cnc([C@@H]3[C@H](c4ccc(F)cc4)C[C@H](N4CCC(N)CC4)CN3C(=O)/C=C/c3cc(Cl)ccc3-n3cnnn3)[nH]2)cc1. The second-order valence-corrected chi connectivity index (χ2v) is 13.5. The number of carbonyl (C=O) groups excluding carboxylic acids is 2. The smallest absolute Gasteiger partial charge is 0.411 e. The molecule has 3 aromatic carbocycles. The highest BCUT2D eigenvalue weighted by Crippen LogP contribution is 2.44. The molecule has 0 unspecified atom stereocenters. The van der Waals surface area contributed by atoms with E-state index >= 15 is 0 Å². The lowest BCUT2D eigenvalue weighted by Crippen LogP contribution is -2.55. The average Bonchev–Trinajstić information content (AvgIpc) is 3.88. The highest BCUT2D eigenvalue weighted by Gasteiger charge is 2.43. The van der Waals surface area contributed by atoms with E-state index in [-0.39, 0.29) is 29.7 Å². The number of benzene rings is 3. The van der Waals surface area contributed by atoms with Crippen LogP contribution in [0.2, 0.25) is 5.02 Å². The summed E-state index contributed by atoms with van der Waals surface area (Å²) in [5.41, 5.74) is 10.6. The molecule has 0 aliphatic carbocycles. The first-order valence-corrected chi connectivity index (χ1v) is 17.4. The van der Waals surface area contributed by atoms with Gasteiger partial charge < -0.3 is 20.4 Å². The van der Waals surface area contributed by atoms with Gasteiger partial charge >= 0.3 is 6.09 Å². The lowest BCUT2D eigenvalue weighted by Gasteiger charge is -2.48. The molecule has 13 nitrogen and oxygen atoms in total. The van der Waals surface area contributed by atoms with E-state index in [0.717, 1.165) is 49.2 Å². The van der Waals surface area contributed by atoms with Crippen molar-refractivity contribution in [3.05, 3.63) is 113 Å². The van der Waals surface area contributed by atoms with E-state index < -0.39 is 12.1 Å². The normalized spacial score (nSPS) is 19.9. The Hall–Kier alpha value is -5.44.